The lowest BCUT2D eigenvalue weighted by Crippen LogP contribution is -1.94. The standard InChI is InChI=1S/C7H7Cl3NO2PS/c1-6-2-4-7(5-3-6)15(12,13)11-14(8,9)10/h2-5H,1H3. The third kappa shape index (κ3) is 4.33. The van der Waals surface area contributed by atoms with Crippen molar-refractivity contribution in [3.63, 3.8) is 0 Å². The van der Waals surface area contributed by atoms with E-state index in [-0.39, 0.29) is 4.90 Å². The van der Waals surface area contributed by atoms with Gasteiger partial charge in [0.05, 0.1) is 4.90 Å². The molecule has 3 nitrogen and oxygen atoms in total. The number of sulfonamides is 1. The molecule has 15 heavy (non-hydrogen) atoms. The molecular formula is C7H7Cl3NO2PS. The SMILES string of the molecule is Cc1ccc(S(=O)(=O)N=P(Cl)(Cl)Cl)cc1. The molecule has 0 amide bonds. The van der Waals surface area contributed by atoms with Gasteiger partial charge in [-0.1, -0.05) is 17.7 Å². The van der Waals surface area contributed by atoms with Crippen molar-refractivity contribution in [1.29, 1.82) is 0 Å². The Morgan fingerprint density at radius 2 is 1.60 bits per heavy atom. The minimum Gasteiger partial charge on any atom is -0.199 e. The van der Waals surface area contributed by atoms with Crippen molar-refractivity contribution in [1.82, 2.24) is 0 Å². The van der Waals surface area contributed by atoms with Crippen LogP contribution in [-0.2, 0) is 10.0 Å². The van der Waals surface area contributed by atoms with Crippen molar-refractivity contribution in [2.75, 3.05) is 0 Å². The molecule has 0 radical (unpaired) electrons. The van der Waals surface area contributed by atoms with E-state index in [2.05, 4.69) is 4.15 Å². The van der Waals surface area contributed by atoms with Crippen LogP contribution >= 0.6 is 38.8 Å². The molecule has 0 atom stereocenters. The second-order valence-corrected chi connectivity index (χ2v) is 11.7. The minimum absolute atomic E-state index is 0.0272. The summed E-state index contributed by atoms with van der Waals surface area (Å²) in [5.74, 6) is 0. The van der Waals surface area contributed by atoms with E-state index < -0.39 is 15.1 Å². The van der Waals surface area contributed by atoms with Gasteiger partial charge in [-0.3, -0.25) is 0 Å². The number of hydrogen-bond donors (Lipinski definition) is 0. The zero-order valence-electron chi connectivity index (χ0n) is 7.56. The molecule has 0 fully saturated rings. The van der Waals surface area contributed by atoms with Gasteiger partial charge in [-0.15, -0.1) is 4.15 Å². The smallest absolute Gasteiger partial charge is 0.199 e. The molecule has 0 bridgehead atoms. The van der Waals surface area contributed by atoms with E-state index in [1.54, 1.807) is 12.1 Å². The fourth-order valence-electron chi connectivity index (χ4n) is 0.879. The highest BCUT2D eigenvalue weighted by atomic mass is 36.0. The fraction of sp³-hybridized carbons (Fsp3) is 0.143. The predicted octanol–water partition coefficient (Wildman–Crippen LogP) is 4.35. The molecule has 1 aromatic rings. The number of rotatable bonds is 2. The van der Waals surface area contributed by atoms with Gasteiger partial charge < -0.3 is 0 Å². The molecule has 0 aliphatic heterocycles. The lowest BCUT2D eigenvalue weighted by atomic mass is 10.2. The first-order chi connectivity index (χ1) is 6.71. The highest BCUT2D eigenvalue weighted by Crippen LogP contribution is 2.66. The summed E-state index contributed by atoms with van der Waals surface area (Å²) in [5, 5.41) is -3.26. The molecule has 84 valence electrons. The largest absolute Gasteiger partial charge is 0.284 e. The van der Waals surface area contributed by atoms with Gasteiger partial charge in [0.25, 0.3) is 10.0 Å². The minimum atomic E-state index is -3.86. The Morgan fingerprint density at radius 1 is 1.13 bits per heavy atom. The van der Waals surface area contributed by atoms with E-state index in [1.807, 2.05) is 6.92 Å². The van der Waals surface area contributed by atoms with E-state index >= 15 is 0 Å². The van der Waals surface area contributed by atoms with E-state index in [0.717, 1.165) is 5.56 Å². The summed E-state index contributed by atoms with van der Waals surface area (Å²) < 4.78 is 26.4. The van der Waals surface area contributed by atoms with Crippen LogP contribution in [-0.4, -0.2) is 8.42 Å². The molecule has 0 unspecified atom stereocenters. The molecular weight excluding hydrogens is 299 g/mol. The lowest BCUT2D eigenvalue weighted by Gasteiger charge is -2.01. The van der Waals surface area contributed by atoms with Crippen LogP contribution in [0.2, 0.25) is 0 Å². The fourth-order valence-corrected chi connectivity index (χ4v) is 4.91. The third-order valence-corrected chi connectivity index (χ3v) is 5.65. The van der Waals surface area contributed by atoms with Gasteiger partial charge in [-0.2, -0.15) is 8.42 Å². The number of benzene rings is 1. The molecule has 0 N–H and O–H groups in total. The first kappa shape index (κ1) is 13.3. The summed E-state index contributed by atoms with van der Waals surface area (Å²) in [7, 11) is -3.86. The van der Waals surface area contributed by atoms with Gasteiger partial charge in [0.2, 0.25) is 5.11 Å². The summed E-state index contributed by atoms with van der Waals surface area (Å²) in [6, 6.07) is 6.15. The topological polar surface area (TPSA) is 46.5 Å². The summed E-state index contributed by atoms with van der Waals surface area (Å²) >= 11 is 16.2. The average Bonchev–Trinajstić information content (AvgIpc) is 2.00. The Bertz CT molecular complexity index is 497. The van der Waals surface area contributed by atoms with Gasteiger partial charge >= 0.3 is 0 Å². The summed E-state index contributed by atoms with van der Waals surface area (Å²) in [5.41, 5.74) is 0.942. The van der Waals surface area contributed by atoms with Gasteiger partial charge in [-0.05, 0) is 52.8 Å². The van der Waals surface area contributed by atoms with Gasteiger partial charge in [0, 0.05) is 0 Å². The van der Waals surface area contributed by atoms with Gasteiger partial charge in [0.15, 0.2) is 0 Å². The summed E-state index contributed by atoms with van der Waals surface area (Å²) in [6.07, 6.45) is 0. The highest BCUT2D eigenvalue weighted by Gasteiger charge is 2.18. The first-order valence-electron chi connectivity index (χ1n) is 3.75. The number of aryl methyl sites for hydroxylation is 1. The van der Waals surface area contributed by atoms with Crippen LogP contribution in [0, 0.1) is 6.92 Å². The maximum Gasteiger partial charge on any atom is 0.284 e. The quantitative estimate of drug-likeness (QED) is 0.763. The maximum atomic E-state index is 11.6. The van der Waals surface area contributed by atoms with Crippen molar-refractivity contribution in [3.8, 4) is 0 Å². The van der Waals surface area contributed by atoms with Crippen LogP contribution in [0.3, 0.4) is 0 Å². The molecule has 8 heteroatoms. The molecule has 0 saturated heterocycles. The predicted molar refractivity (Wildman–Crippen MR) is 65.3 cm³/mol. The van der Waals surface area contributed by atoms with Crippen LogP contribution in [0.4, 0.5) is 0 Å². The van der Waals surface area contributed by atoms with Crippen molar-refractivity contribution >= 4 is 48.9 Å². The summed E-state index contributed by atoms with van der Waals surface area (Å²) in [6.45, 7) is 1.84. The van der Waals surface area contributed by atoms with Crippen LogP contribution in [0.15, 0.2) is 33.3 Å². The highest BCUT2D eigenvalue weighted by molar-refractivity contribution is 8.28. The van der Waals surface area contributed by atoms with E-state index in [9.17, 15) is 8.42 Å². The Morgan fingerprint density at radius 3 is 2.00 bits per heavy atom. The van der Waals surface area contributed by atoms with Gasteiger partial charge in [-0.25, -0.2) is 0 Å². The molecule has 0 aromatic heterocycles. The zero-order valence-corrected chi connectivity index (χ0v) is 11.5. The normalized spacial score (nSPS) is 12.5. The van der Waals surface area contributed by atoms with E-state index in [4.69, 9.17) is 33.7 Å². The van der Waals surface area contributed by atoms with Crippen LogP contribution in [0.5, 0.6) is 0 Å². The maximum absolute atomic E-state index is 11.6. The average molecular weight is 307 g/mol. The monoisotopic (exact) mass is 305 g/mol. The first-order valence-corrected chi connectivity index (χ1v) is 9.65. The van der Waals surface area contributed by atoms with E-state index in [1.165, 1.54) is 12.1 Å². The third-order valence-electron chi connectivity index (χ3n) is 1.52. The van der Waals surface area contributed by atoms with Crippen LogP contribution in [0.25, 0.3) is 0 Å². The Kier molecular flexibility index (Phi) is 4.13. The molecule has 1 rings (SSSR count). The molecule has 0 aliphatic rings. The van der Waals surface area contributed by atoms with Crippen LogP contribution < -0.4 is 0 Å². The second kappa shape index (κ2) is 4.64. The Labute approximate surface area is 103 Å². The molecule has 0 aliphatic carbocycles. The van der Waals surface area contributed by atoms with Crippen LogP contribution in [0.1, 0.15) is 5.56 Å². The number of halogens is 3. The molecule has 0 saturated carbocycles. The number of hydrogen-bond acceptors (Lipinski definition) is 2. The zero-order chi connectivity index (χ0) is 11.7. The molecule has 1 aromatic carbocycles. The second-order valence-electron chi connectivity index (χ2n) is 2.79. The van der Waals surface area contributed by atoms with E-state index in [0.29, 0.717) is 0 Å². The lowest BCUT2D eigenvalue weighted by molar-refractivity contribution is 0.598. The van der Waals surface area contributed by atoms with Crippen molar-refractivity contribution in [2.24, 2.45) is 4.15 Å². The van der Waals surface area contributed by atoms with Crippen molar-refractivity contribution in [2.45, 2.75) is 11.8 Å². The van der Waals surface area contributed by atoms with Crippen molar-refractivity contribution < 1.29 is 8.42 Å². The molecule has 0 spiro atoms. The number of nitrogens with zero attached hydrogens (tertiary/aromatic N) is 1. The van der Waals surface area contributed by atoms with Crippen molar-refractivity contribution in [3.05, 3.63) is 29.8 Å². The summed E-state index contributed by atoms with van der Waals surface area (Å²) in [4.78, 5) is 0.0272. The molecule has 0 heterocycles. The Balaban J connectivity index is 3.25. The Hall–Kier alpha value is 0.270. The van der Waals surface area contributed by atoms with Gasteiger partial charge in [0.1, 0.15) is 0 Å².